The number of hydrogen-bond acceptors (Lipinski definition) is 3. The maximum Gasteiger partial charge on any atom is 0.307 e. The van der Waals surface area contributed by atoms with Gasteiger partial charge in [-0.2, -0.15) is 0 Å². The Bertz CT molecular complexity index is 396. The molecule has 0 bridgehead atoms. The van der Waals surface area contributed by atoms with Crippen LogP contribution in [0.4, 0.5) is 8.78 Å². The Morgan fingerprint density at radius 3 is 2.76 bits per heavy atom. The van der Waals surface area contributed by atoms with Gasteiger partial charge in [-0.15, -0.1) is 0 Å². The quantitative estimate of drug-likeness (QED) is 0.805. The second-order valence-electron chi connectivity index (χ2n) is 3.52. The van der Waals surface area contributed by atoms with Crippen molar-refractivity contribution < 1.29 is 18.3 Å². The lowest BCUT2D eigenvalue weighted by Gasteiger charge is -2.16. The topological polar surface area (TPSA) is 38.3 Å². The standard InChI is InChI=1S/C12H15F2NO2/c1-3-17-12(16)7-11(15-2)9-6-8(13)4-5-10(9)14/h4-6,11,15H,3,7H2,1-2H3. The van der Waals surface area contributed by atoms with Gasteiger partial charge in [0.15, 0.2) is 0 Å². The molecule has 1 aromatic carbocycles. The maximum atomic E-state index is 13.5. The molecule has 0 aliphatic rings. The summed E-state index contributed by atoms with van der Waals surface area (Å²) in [4.78, 5) is 11.3. The molecule has 1 rings (SSSR count). The van der Waals surface area contributed by atoms with E-state index < -0.39 is 23.6 Å². The number of halogens is 2. The molecule has 17 heavy (non-hydrogen) atoms. The highest BCUT2D eigenvalue weighted by Crippen LogP contribution is 2.21. The van der Waals surface area contributed by atoms with Crippen LogP contribution in [0.15, 0.2) is 18.2 Å². The summed E-state index contributed by atoms with van der Waals surface area (Å²) < 4.78 is 31.3. The van der Waals surface area contributed by atoms with Crippen molar-refractivity contribution in [3.63, 3.8) is 0 Å². The second-order valence-corrected chi connectivity index (χ2v) is 3.52. The lowest BCUT2D eigenvalue weighted by atomic mass is 10.0. The third-order valence-corrected chi connectivity index (χ3v) is 2.36. The zero-order valence-electron chi connectivity index (χ0n) is 9.80. The van der Waals surface area contributed by atoms with E-state index >= 15 is 0 Å². The number of carbonyl (C=O) groups is 1. The molecule has 0 aliphatic carbocycles. The fraction of sp³-hybridized carbons (Fsp3) is 0.417. The largest absolute Gasteiger partial charge is 0.466 e. The van der Waals surface area contributed by atoms with Crippen molar-refractivity contribution >= 4 is 5.97 Å². The second kappa shape index (κ2) is 6.30. The van der Waals surface area contributed by atoms with Gasteiger partial charge in [0.25, 0.3) is 0 Å². The summed E-state index contributed by atoms with van der Waals surface area (Å²) in [7, 11) is 1.58. The number of ether oxygens (including phenoxy) is 1. The molecule has 0 saturated heterocycles. The Kier molecular flexibility index (Phi) is 5.03. The van der Waals surface area contributed by atoms with Gasteiger partial charge in [-0.1, -0.05) is 0 Å². The van der Waals surface area contributed by atoms with E-state index in [2.05, 4.69) is 5.32 Å². The van der Waals surface area contributed by atoms with Crippen LogP contribution in [-0.2, 0) is 9.53 Å². The van der Waals surface area contributed by atoms with Crippen molar-refractivity contribution in [3.05, 3.63) is 35.4 Å². The molecule has 1 unspecified atom stereocenters. The Morgan fingerprint density at radius 1 is 1.47 bits per heavy atom. The highest BCUT2D eigenvalue weighted by Gasteiger charge is 2.19. The number of benzene rings is 1. The summed E-state index contributed by atoms with van der Waals surface area (Å²) in [5.41, 5.74) is 0.126. The summed E-state index contributed by atoms with van der Waals surface area (Å²) in [6.45, 7) is 1.95. The van der Waals surface area contributed by atoms with E-state index in [0.717, 1.165) is 18.2 Å². The molecule has 1 atom stereocenters. The molecule has 0 saturated carbocycles. The lowest BCUT2D eigenvalue weighted by molar-refractivity contribution is -0.143. The molecule has 0 radical (unpaired) electrons. The van der Waals surface area contributed by atoms with Crippen LogP contribution in [0.3, 0.4) is 0 Å². The van der Waals surface area contributed by atoms with E-state index in [1.165, 1.54) is 0 Å². The van der Waals surface area contributed by atoms with Crippen LogP contribution in [0, 0.1) is 11.6 Å². The van der Waals surface area contributed by atoms with Crippen LogP contribution in [-0.4, -0.2) is 19.6 Å². The average molecular weight is 243 g/mol. The van der Waals surface area contributed by atoms with Gasteiger partial charge in [-0.25, -0.2) is 8.78 Å². The van der Waals surface area contributed by atoms with Crippen LogP contribution in [0.25, 0.3) is 0 Å². The van der Waals surface area contributed by atoms with Crippen molar-refractivity contribution in [3.8, 4) is 0 Å². The number of nitrogens with one attached hydrogen (secondary N) is 1. The maximum absolute atomic E-state index is 13.5. The Morgan fingerprint density at radius 2 is 2.18 bits per heavy atom. The molecule has 0 fully saturated rings. The molecule has 0 heterocycles. The zero-order valence-corrected chi connectivity index (χ0v) is 9.80. The van der Waals surface area contributed by atoms with E-state index in [1.54, 1.807) is 14.0 Å². The molecule has 0 amide bonds. The number of carbonyl (C=O) groups excluding carboxylic acids is 1. The Hall–Kier alpha value is -1.49. The van der Waals surface area contributed by atoms with Crippen LogP contribution in [0.1, 0.15) is 24.9 Å². The Balaban J connectivity index is 2.85. The smallest absolute Gasteiger partial charge is 0.307 e. The first-order valence-corrected chi connectivity index (χ1v) is 5.36. The van der Waals surface area contributed by atoms with Gasteiger partial charge in [-0.3, -0.25) is 4.79 Å². The molecule has 94 valence electrons. The van der Waals surface area contributed by atoms with Gasteiger partial charge < -0.3 is 10.1 Å². The molecular formula is C12H15F2NO2. The number of rotatable bonds is 5. The molecule has 0 aromatic heterocycles. The normalized spacial score (nSPS) is 12.2. The Labute approximate surface area is 98.8 Å². The fourth-order valence-corrected chi connectivity index (χ4v) is 1.54. The van der Waals surface area contributed by atoms with Crippen LogP contribution >= 0.6 is 0 Å². The van der Waals surface area contributed by atoms with Crippen molar-refractivity contribution in [2.75, 3.05) is 13.7 Å². The summed E-state index contributed by atoms with van der Waals surface area (Å²) in [5, 5.41) is 2.77. The highest BCUT2D eigenvalue weighted by molar-refractivity contribution is 5.70. The third-order valence-electron chi connectivity index (χ3n) is 2.36. The first-order chi connectivity index (χ1) is 8.08. The first kappa shape index (κ1) is 13.6. The zero-order chi connectivity index (χ0) is 12.8. The van der Waals surface area contributed by atoms with Crippen molar-refractivity contribution in [2.45, 2.75) is 19.4 Å². The number of esters is 1. The third kappa shape index (κ3) is 3.78. The van der Waals surface area contributed by atoms with Crippen LogP contribution in [0.2, 0.25) is 0 Å². The predicted octanol–water partition coefficient (Wildman–Crippen LogP) is 2.18. The van der Waals surface area contributed by atoms with Crippen LogP contribution in [0.5, 0.6) is 0 Å². The summed E-state index contributed by atoms with van der Waals surface area (Å²) in [6.07, 6.45) is -0.0370. The fourth-order valence-electron chi connectivity index (χ4n) is 1.54. The molecule has 0 spiro atoms. The number of hydrogen-bond donors (Lipinski definition) is 1. The first-order valence-electron chi connectivity index (χ1n) is 5.36. The summed E-state index contributed by atoms with van der Waals surface area (Å²) in [6, 6.07) is 2.57. The van der Waals surface area contributed by atoms with E-state index in [4.69, 9.17) is 4.74 Å². The molecule has 1 aromatic rings. The highest BCUT2D eigenvalue weighted by atomic mass is 19.1. The minimum Gasteiger partial charge on any atom is -0.466 e. The molecular weight excluding hydrogens is 228 g/mol. The van der Waals surface area contributed by atoms with E-state index in [9.17, 15) is 13.6 Å². The SMILES string of the molecule is CCOC(=O)CC(NC)c1cc(F)ccc1F. The van der Waals surface area contributed by atoms with Gasteiger partial charge >= 0.3 is 5.97 Å². The van der Waals surface area contributed by atoms with E-state index in [-0.39, 0.29) is 18.6 Å². The minimum atomic E-state index is -0.593. The monoisotopic (exact) mass is 243 g/mol. The molecule has 3 nitrogen and oxygen atoms in total. The minimum absolute atomic E-state index is 0.0370. The van der Waals surface area contributed by atoms with E-state index in [1.807, 2.05) is 0 Å². The van der Waals surface area contributed by atoms with Gasteiger partial charge in [0, 0.05) is 11.6 Å². The van der Waals surface area contributed by atoms with Gasteiger partial charge in [0.1, 0.15) is 11.6 Å². The van der Waals surface area contributed by atoms with Crippen molar-refractivity contribution in [1.82, 2.24) is 5.32 Å². The lowest BCUT2D eigenvalue weighted by Crippen LogP contribution is -2.22. The van der Waals surface area contributed by atoms with Crippen molar-refractivity contribution in [2.24, 2.45) is 0 Å². The van der Waals surface area contributed by atoms with Gasteiger partial charge in [0.05, 0.1) is 13.0 Å². The van der Waals surface area contributed by atoms with Crippen LogP contribution < -0.4 is 5.32 Å². The van der Waals surface area contributed by atoms with Crippen molar-refractivity contribution in [1.29, 1.82) is 0 Å². The van der Waals surface area contributed by atoms with Gasteiger partial charge in [0.2, 0.25) is 0 Å². The molecule has 0 aliphatic heterocycles. The molecule has 5 heteroatoms. The summed E-state index contributed by atoms with van der Waals surface area (Å²) >= 11 is 0. The van der Waals surface area contributed by atoms with Gasteiger partial charge in [-0.05, 0) is 32.2 Å². The summed E-state index contributed by atoms with van der Waals surface area (Å²) in [5.74, 6) is -1.53. The molecule has 1 N–H and O–H groups in total. The van der Waals surface area contributed by atoms with E-state index in [0.29, 0.717) is 0 Å². The predicted molar refractivity (Wildman–Crippen MR) is 59.4 cm³/mol. The average Bonchev–Trinajstić information content (AvgIpc) is 2.30.